The van der Waals surface area contributed by atoms with Gasteiger partial charge in [-0.3, -0.25) is 4.79 Å². The van der Waals surface area contributed by atoms with E-state index in [9.17, 15) is 4.79 Å². The van der Waals surface area contributed by atoms with Crippen molar-refractivity contribution in [1.29, 1.82) is 0 Å². The monoisotopic (exact) mass is 243 g/mol. The molecule has 0 heterocycles. The van der Waals surface area contributed by atoms with Gasteiger partial charge >= 0.3 is 0 Å². The Hall–Kier alpha value is -1.31. The fourth-order valence-corrected chi connectivity index (χ4v) is 3.65. The standard InChI is InChI=1S/C16H21NO/c1-10-3-4-11(2)14(7-10)16(18)17-15-9-12-5-6-13(15)8-12/h3-4,7,12-13,15H,5-6,8-9H2,1-2H3,(H,17,18)/t12-,13+,15-/m0/s1. The number of carbonyl (C=O) groups is 1. The first-order valence-electron chi connectivity index (χ1n) is 7.01. The molecule has 2 nitrogen and oxygen atoms in total. The predicted molar refractivity (Wildman–Crippen MR) is 72.6 cm³/mol. The quantitative estimate of drug-likeness (QED) is 0.849. The summed E-state index contributed by atoms with van der Waals surface area (Å²) in [5, 5.41) is 3.26. The van der Waals surface area contributed by atoms with Crippen LogP contribution in [0.5, 0.6) is 0 Å². The van der Waals surface area contributed by atoms with Crippen LogP contribution in [0.4, 0.5) is 0 Å². The number of benzene rings is 1. The Morgan fingerprint density at radius 2 is 2.06 bits per heavy atom. The topological polar surface area (TPSA) is 29.1 Å². The zero-order valence-electron chi connectivity index (χ0n) is 11.2. The number of carbonyl (C=O) groups excluding carboxylic acids is 1. The van der Waals surface area contributed by atoms with Crippen molar-refractivity contribution in [3.8, 4) is 0 Å². The summed E-state index contributed by atoms with van der Waals surface area (Å²) in [7, 11) is 0. The number of hydrogen-bond acceptors (Lipinski definition) is 1. The van der Waals surface area contributed by atoms with Crippen LogP contribution < -0.4 is 5.32 Å². The molecule has 0 aromatic heterocycles. The van der Waals surface area contributed by atoms with E-state index < -0.39 is 0 Å². The minimum atomic E-state index is 0.119. The van der Waals surface area contributed by atoms with Crippen LogP contribution in [0, 0.1) is 25.7 Å². The second kappa shape index (κ2) is 4.42. The average Bonchev–Trinajstić information content (AvgIpc) is 2.94. The van der Waals surface area contributed by atoms with Gasteiger partial charge in [0.1, 0.15) is 0 Å². The molecule has 1 aromatic rings. The van der Waals surface area contributed by atoms with E-state index >= 15 is 0 Å². The summed E-state index contributed by atoms with van der Waals surface area (Å²) in [4.78, 5) is 12.3. The van der Waals surface area contributed by atoms with Crippen LogP contribution in [0.1, 0.15) is 47.2 Å². The Morgan fingerprint density at radius 1 is 1.22 bits per heavy atom. The highest BCUT2D eigenvalue weighted by molar-refractivity contribution is 5.96. The molecular formula is C16H21NO. The van der Waals surface area contributed by atoms with Crippen molar-refractivity contribution in [3.63, 3.8) is 0 Å². The summed E-state index contributed by atoms with van der Waals surface area (Å²) in [6, 6.07) is 6.52. The smallest absolute Gasteiger partial charge is 0.251 e. The van der Waals surface area contributed by atoms with Crippen LogP contribution >= 0.6 is 0 Å². The maximum atomic E-state index is 12.3. The van der Waals surface area contributed by atoms with Crippen LogP contribution in [-0.2, 0) is 0 Å². The van der Waals surface area contributed by atoms with E-state index in [1.165, 1.54) is 25.7 Å². The van der Waals surface area contributed by atoms with E-state index in [0.717, 1.165) is 28.5 Å². The lowest BCUT2D eigenvalue weighted by molar-refractivity contribution is 0.0922. The summed E-state index contributed by atoms with van der Waals surface area (Å²) in [6.07, 6.45) is 5.21. The van der Waals surface area contributed by atoms with Gasteiger partial charge < -0.3 is 5.32 Å². The summed E-state index contributed by atoms with van der Waals surface area (Å²) in [5.74, 6) is 1.73. The third-order valence-electron chi connectivity index (χ3n) is 4.69. The molecule has 3 atom stereocenters. The predicted octanol–water partition coefficient (Wildman–Crippen LogP) is 3.22. The zero-order valence-corrected chi connectivity index (χ0v) is 11.2. The largest absolute Gasteiger partial charge is 0.349 e. The molecule has 2 aliphatic rings. The molecular weight excluding hydrogens is 222 g/mol. The van der Waals surface area contributed by atoms with E-state index in [1.54, 1.807) is 0 Å². The molecule has 2 aliphatic carbocycles. The third kappa shape index (κ3) is 2.05. The van der Waals surface area contributed by atoms with Crippen molar-refractivity contribution in [1.82, 2.24) is 5.32 Å². The van der Waals surface area contributed by atoms with Crippen molar-refractivity contribution >= 4 is 5.91 Å². The molecule has 2 bridgehead atoms. The molecule has 2 saturated carbocycles. The maximum Gasteiger partial charge on any atom is 0.251 e. The Morgan fingerprint density at radius 3 is 2.72 bits per heavy atom. The first kappa shape index (κ1) is 11.8. The van der Waals surface area contributed by atoms with Gasteiger partial charge in [-0.1, -0.05) is 24.1 Å². The van der Waals surface area contributed by atoms with Gasteiger partial charge in [0.2, 0.25) is 0 Å². The van der Waals surface area contributed by atoms with Gasteiger partial charge in [-0.2, -0.15) is 0 Å². The molecule has 2 heteroatoms. The van der Waals surface area contributed by atoms with Crippen molar-refractivity contribution in [2.45, 2.75) is 45.6 Å². The van der Waals surface area contributed by atoms with Gasteiger partial charge in [-0.15, -0.1) is 0 Å². The normalized spacial score (nSPS) is 29.6. The van der Waals surface area contributed by atoms with Gasteiger partial charge in [0.05, 0.1) is 0 Å². The molecule has 96 valence electrons. The summed E-state index contributed by atoms with van der Waals surface area (Å²) in [5.41, 5.74) is 3.07. The molecule has 2 fully saturated rings. The number of hydrogen-bond donors (Lipinski definition) is 1. The van der Waals surface area contributed by atoms with Crippen molar-refractivity contribution in [2.24, 2.45) is 11.8 Å². The maximum absolute atomic E-state index is 12.3. The van der Waals surface area contributed by atoms with E-state index in [2.05, 4.69) is 11.4 Å². The van der Waals surface area contributed by atoms with E-state index in [1.807, 2.05) is 26.0 Å². The van der Waals surface area contributed by atoms with Crippen LogP contribution in [-0.4, -0.2) is 11.9 Å². The van der Waals surface area contributed by atoms with Gasteiger partial charge in [-0.25, -0.2) is 0 Å². The van der Waals surface area contributed by atoms with Gasteiger partial charge in [0.25, 0.3) is 5.91 Å². The number of nitrogens with one attached hydrogen (secondary N) is 1. The minimum absolute atomic E-state index is 0.119. The lowest BCUT2D eigenvalue weighted by Crippen LogP contribution is -2.38. The van der Waals surface area contributed by atoms with Crippen LogP contribution in [0.3, 0.4) is 0 Å². The average molecular weight is 243 g/mol. The first-order valence-corrected chi connectivity index (χ1v) is 7.01. The second-order valence-electron chi connectivity index (χ2n) is 6.07. The SMILES string of the molecule is Cc1ccc(C)c(C(=O)N[C@H]2C[C@H]3CC[C@@H]2C3)c1. The molecule has 18 heavy (non-hydrogen) atoms. The Kier molecular flexibility index (Phi) is 2.89. The van der Waals surface area contributed by atoms with Crippen molar-refractivity contribution < 1.29 is 4.79 Å². The molecule has 0 saturated heterocycles. The molecule has 1 aromatic carbocycles. The van der Waals surface area contributed by atoms with Gasteiger partial charge in [0.15, 0.2) is 0 Å². The summed E-state index contributed by atoms with van der Waals surface area (Å²) >= 11 is 0. The van der Waals surface area contributed by atoms with Crippen molar-refractivity contribution in [2.75, 3.05) is 0 Å². The Labute approximate surface area is 109 Å². The third-order valence-corrected chi connectivity index (χ3v) is 4.69. The number of amides is 1. The lowest BCUT2D eigenvalue weighted by atomic mass is 9.94. The van der Waals surface area contributed by atoms with Crippen molar-refractivity contribution in [3.05, 3.63) is 34.9 Å². The number of rotatable bonds is 2. The first-order chi connectivity index (χ1) is 8.63. The summed E-state index contributed by atoms with van der Waals surface area (Å²) in [6.45, 7) is 4.04. The molecule has 0 spiro atoms. The highest BCUT2D eigenvalue weighted by Crippen LogP contribution is 2.44. The fourth-order valence-electron chi connectivity index (χ4n) is 3.65. The lowest BCUT2D eigenvalue weighted by Gasteiger charge is -2.23. The van der Waals surface area contributed by atoms with Gasteiger partial charge in [-0.05, 0) is 56.6 Å². The van der Waals surface area contributed by atoms with Crippen LogP contribution in [0.2, 0.25) is 0 Å². The highest BCUT2D eigenvalue weighted by Gasteiger charge is 2.40. The second-order valence-corrected chi connectivity index (χ2v) is 6.07. The van der Waals surface area contributed by atoms with Crippen LogP contribution in [0.25, 0.3) is 0 Å². The minimum Gasteiger partial charge on any atom is -0.349 e. The molecule has 1 amide bonds. The molecule has 1 N–H and O–H groups in total. The Balaban J connectivity index is 1.73. The summed E-state index contributed by atoms with van der Waals surface area (Å²) < 4.78 is 0. The molecule has 0 unspecified atom stereocenters. The molecule has 3 rings (SSSR count). The zero-order chi connectivity index (χ0) is 12.7. The van der Waals surface area contributed by atoms with E-state index in [4.69, 9.17) is 0 Å². The van der Waals surface area contributed by atoms with Crippen LogP contribution in [0.15, 0.2) is 18.2 Å². The van der Waals surface area contributed by atoms with Gasteiger partial charge in [0, 0.05) is 11.6 Å². The molecule has 0 radical (unpaired) electrons. The fraction of sp³-hybridized carbons (Fsp3) is 0.562. The van der Waals surface area contributed by atoms with E-state index in [-0.39, 0.29) is 5.91 Å². The van der Waals surface area contributed by atoms with E-state index in [0.29, 0.717) is 6.04 Å². The number of fused-ring (bicyclic) bond motifs is 2. The Bertz CT molecular complexity index is 480. The highest BCUT2D eigenvalue weighted by atomic mass is 16.1. The molecule has 0 aliphatic heterocycles. The number of aryl methyl sites for hydroxylation is 2.